The molecule has 1 saturated carbocycles. The second-order valence-electron chi connectivity index (χ2n) is 6.08. The lowest BCUT2D eigenvalue weighted by atomic mass is 10.2. The Bertz CT molecular complexity index is 508. The summed E-state index contributed by atoms with van der Waals surface area (Å²) in [6.07, 6.45) is 4.91. The smallest absolute Gasteiger partial charge is 0.306 e. The largest absolute Gasteiger partial charge is 0.334 e. The summed E-state index contributed by atoms with van der Waals surface area (Å²) in [5.74, 6) is 0.286. The van der Waals surface area contributed by atoms with Crippen LogP contribution in [0.1, 0.15) is 39.7 Å². The van der Waals surface area contributed by atoms with Crippen LogP contribution in [0.4, 0.5) is 0 Å². The summed E-state index contributed by atoms with van der Waals surface area (Å²) in [5, 5.41) is 0. The minimum Gasteiger partial charge on any atom is -0.306 e. The number of allylic oxidation sites excluding steroid dienone is 1. The van der Waals surface area contributed by atoms with Crippen molar-refractivity contribution in [2.75, 3.05) is 0 Å². The fraction of sp³-hybridized carbons (Fsp3) is 0.529. The van der Waals surface area contributed by atoms with Gasteiger partial charge >= 0.3 is 7.60 Å². The maximum atomic E-state index is 12.9. The molecule has 2 atom stereocenters. The van der Waals surface area contributed by atoms with Gasteiger partial charge in [0.25, 0.3) is 0 Å². The summed E-state index contributed by atoms with van der Waals surface area (Å²) in [6.45, 7) is 7.59. The molecule has 1 aliphatic rings. The molecule has 0 heterocycles. The molecule has 3 nitrogen and oxygen atoms in total. The zero-order valence-electron chi connectivity index (χ0n) is 13.2. The Balaban J connectivity index is 2.01. The molecule has 0 amide bonds. The summed E-state index contributed by atoms with van der Waals surface area (Å²) in [6, 6.07) is 10.1. The van der Waals surface area contributed by atoms with E-state index in [1.807, 2.05) is 45.9 Å². The predicted molar refractivity (Wildman–Crippen MR) is 87.4 cm³/mol. The van der Waals surface area contributed by atoms with Gasteiger partial charge in [0.15, 0.2) is 0 Å². The van der Waals surface area contributed by atoms with Crippen LogP contribution in [0.15, 0.2) is 36.4 Å². The molecule has 2 rings (SSSR count). The highest BCUT2D eigenvalue weighted by Crippen LogP contribution is 2.66. The van der Waals surface area contributed by atoms with Gasteiger partial charge in [-0.25, -0.2) is 0 Å². The number of benzene rings is 1. The lowest BCUT2D eigenvalue weighted by Crippen LogP contribution is -2.11. The number of rotatable bonds is 7. The summed E-state index contributed by atoms with van der Waals surface area (Å²) in [4.78, 5) is 0. The molecule has 0 radical (unpaired) electrons. The van der Waals surface area contributed by atoms with Crippen molar-refractivity contribution < 1.29 is 13.6 Å². The summed E-state index contributed by atoms with van der Waals surface area (Å²) < 4.78 is 24.2. The van der Waals surface area contributed by atoms with E-state index in [0.29, 0.717) is 0 Å². The lowest BCUT2D eigenvalue weighted by molar-refractivity contribution is 0.141. The third-order valence-electron chi connectivity index (χ3n) is 3.26. The summed E-state index contributed by atoms with van der Waals surface area (Å²) >= 11 is 0. The van der Waals surface area contributed by atoms with E-state index in [-0.39, 0.29) is 23.8 Å². The molecule has 1 aliphatic carbocycles. The summed E-state index contributed by atoms with van der Waals surface area (Å²) in [7, 11) is -3.02. The highest BCUT2D eigenvalue weighted by Gasteiger charge is 2.52. The van der Waals surface area contributed by atoms with Gasteiger partial charge in [-0.15, -0.1) is 0 Å². The Morgan fingerprint density at radius 1 is 1.10 bits per heavy atom. The molecule has 1 fully saturated rings. The van der Waals surface area contributed by atoms with Gasteiger partial charge in [0.2, 0.25) is 0 Å². The van der Waals surface area contributed by atoms with Crippen LogP contribution in [0, 0.1) is 5.92 Å². The molecular weight excluding hydrogens is 283 g/mol. The average molecular weight is 308 g/mol. The minimum absolute atomic E-state index is 0.00209. The SMILES string of the molecule is CC(C)OP(=O)(OC(C)C)[C@@H]1C[C@H]1/C=C/c1ccccc1. The Hall–Kier alpha value is -0.890. The first kappa shape index (κ1) is 16.5. The quantitative estimate of drug-likeness (QED) is 0.655. The zero-order valence-corrected chi connectivity index (χ0v) is 14.1. The zero-order chi connectivity index (χ0) is 15.5. The van der Waals surface area contributed by atoms with Crippen LogP contribution in [-0.4, -0.2) is 17.9 Å². The maximum absolute atomic E-state index is 12.9. The van der Waals surface area contributed by atoms with Crippen molar-refractivity contribution in [2.45, 2.75) is 52.0 Å². The predicted octanol–water partition coefficient (Wildman–Crippen LogP) is 5.13. The van der Waals surface area contributed by atoms with Gasteiger partial charge in [-0.2, -0.15) is 0 Å². The van der Waals surface area contributed by atoms with Crippen molar-refractivity contribution >= 4 is 13.7 Å². The number of hydrogen-bond acceptors (Lipinski definition) is 3. The van der Waals surface area contributed by atoms with Crippen molar-refractivity contribution in [3.63, 3.8) is 0 Å². The maximum Gasteiger partial charge on any atom is 0.334 e. The number of hydrogen-bond donors (Lipinski definition) is 0. The van der Waals surface area contributed by atoms with Gasteiger partial charge in [-0.05, 0) is 45.6 Å². The Labute approximate surface area is 127 Å². The molecule has 1 aromatic carbocycles. The van der Waals surface area contributed by atoms with Gasteiger partial charge < -0.3 is 9.05 Å². The molecule has 4 heteroatoms. The standard InChI is InChI=1S/C17H25O3P/c1-13(2)19-21(18,20-14(3)4)17-12-16(17)11-10-15-8-6-5-7-9-15/h5-11,13-14,16-17H,12H2,1-4H3/b11-10+/t16-,17-/m1/s1. The fourth-order valence-electron chi connectivity index (χ4n) is 2.34. The Morgan fingerprint density at radius 3 is 2.19 bits per heavy atom. The van der Waals surface area contributed by atoms with Crippen LogP contribution >= 0.6 is 7.60 Å². The van der Waals surface area contributed by atoms with E-state index in [2.05, 4.69) is 24.3 Å². The molecule has 0 aliphatic heterocycles. The average Bonchev–Trinajstić information content (AvgIpc) is 3.16. The molecular formula is C17H25O3P. The van der Waals surface area contributed by atoms with E-state index in [1.54, 1.807) is 0 Å². The first-order valence-corrected chi connectivity index (χ1v) is 9.21. The molecule has 1 aromatic rings. The van der Waals surface area contributed by atoms with Gasteiger partial charge in [-0.3, -0.25) is 4.57 Å². The molecule has 0 saturated heterocycles. The normalized spacial score (nSPS) is 22.4. The minimum atomic E-state index is -3.02. The molecule has 0 N–H and O–H groups in total. The molecule has 0 aromatic heterocycles. The van der Waals surface area contributed by atoms with E-state index < -0.39 is 7.60 Å². The van der Waals surface area contributed by atoms with E-state index in [9.17, 15) is 4.57 Å². The first-order valence-electron chi connectivity index (χ1n) is 7.60. The second-order valence-corrected chi connectivity index (χ2v) is 8.25. The second kappa shape index (κ2) is 6.91. The third kappa shape index (κ3) is 4.81. The van der Waals surface area contributed by atoms with Crippen molar-refractivity contribution in [2.24, 2.45) is 5.92 Å². The summed E-state index contributed by atoms with van der Waals surface area (Å²) in [5.41, 5.74) is 1.16. The van der Waals surface area contributed by atoms with Gasteiger partial charge in [0.1, 0.15) is 0 Å². The molecule has 0 bridgehead atoms. The molecule has 0 unspecified atom stereocenters. The van der Waals surface area contributed by atoms with Crippen LogP contribution in [0.3, 0.4) is 0 Å². The Morgan fingerprint density at radius 2 is 1.67 bits per heavy atom. The van der Waals surface area contributed by atoms with Crippen molar-refractivity contribution in [3.05, 3.63) is 42.0 Å². The highest BCUT2D eigenvalue weighted by molar-refractivity contribution is 7.55. The third-order valence-corrected chi connectivity index (χ3v) is 6.10. The molecule has 21 heavy (non-hydrogen) atoms. The van der Waals surface area contributed by atoms with Crippen LogP contribution in [0.2, 0.25) is 0 Å². The van der Waals surface area contributed by atoms with Crippen molar-refractivity contribution in [3.8, 4) is 0 Å². The van der Waals surface area contributed by atoms with Gasteiger partial charge in [0.05, 0.1) is 17.9 Å². The van der Waals surface area contributed by atoms with Gasteiger partial charge in [0, 0.05) is 0 Å². The van der Waals surface area contributed by atoms with Crippen molar-refractivity contribution in [1.29, 1.82) is 0 Å². The molecule has 116 valence electrons. The van der Waals surface area contributed by atoms with Crippen LogP contribution in [0.25, 0.3) is 6.08 Å². The topological polar surface area (TPSA) is 35.5 Å². The van der Waals surface area contributed by atoms with E-state index in [4.69, 9.17) is 9.05 Å². The monoisotopic (exact) mass is 308 g/mol. The van der Waals surface area contributed by atoms with Crippen LogP contribution in [-0.2, 0) is 13.6 Å². The van der Waals surface area contributed by atoms with E-state index in [1.165, 1.54) is 0 Å². The van der Waals surface area contributed by atoms with E-state index >= 15 is 0 Å². The van der Waals surface area contributed by atoms with Gasteiger partial charge in [-0.1, -0.05) is 42.5 Å². The van der Waals surface area contributed by atoms with Crippen LogP contribution < -0.4 is 0 Å². The van der Waals surface area contributed by atoms with Crippen LogP contribution in [0.5, 0.6) is 0 Å². The highest BCUT2D eigenvalue weighted by atomic mass is 31.2. The first-order chi connectivity index (χ1) is 9.90. The fourth-order valence-corrected chi connectivity index (χ4v) is 4.95. The Kier molecular flexibility index (Phi) is 5.43. The molecule has 0 spiro atoms. The van der Waals surface area contributed by atoms with E-state index in [0.717, 1.165) is 12.0 Å². The van der Waals surface area contributed by atoms with Crippen molar-refractivity contribution in [1.82, 2.24) is 0 Å². The lowest BCUT2D eigenvalue weighted by Gasteiger charge is -2.22.